The monoisotopic (exact) mass is 429 g/mol. The van der Waals surface area contributed by atoms with Crippen molar-refractivity contribution >= 4 is 16.9 Å². The van der Waals surface area contributed by atoms with Gasteiger partial charge in [-0.1, -0.05) is 36.4 Å². The summed E-state index contributed by atoms with van der Waals surface area (Å²) in [6, 6.07) is 19.3. The summed E-state index contributed by atoms with van der Waals surface area (Å²) in [5, 5.41) is 2.95. The van der Waals surface area contributed by atoms with Gasteiger partial charge in [0, 0.05) is 19.2 Å². The fourth-order valence-electron chi connectivity index (χ4n) is 4.06. The van der Waals surface area contributed by atoms with Gasteiger partial charge in [0.15, 0.2) is 11.5 Å². The molecule has 7 nitrogen and oxygen atoms in total. The van der Waals surface area contributed by atoms with E-state index in [1.54, 1.807) is 14.2 Å². The number of carbonyl (C=O) groups is 1. The lowest BCUT2D eigenvalue weighted by Crippen LogP contribution is -2.24. The van der Waals surface area contributed by atoms with E-state index in [2.05, 4.69) is 9.88 Å². The fraction of sp³-hybridized carbons (Fsp3) is 0.200. The molecule has 32 heavy (non-hydrogen) atoms. The Morgan fingerprint density at radius 2 is 1.72 bits per heavy atom. The molecule has 1 amide bonds. The minimum Gasteiger partial charge on any atom is -0.493 e. The van der Waals surface area contributed by atoms with Gasteiger partial charge >= 0.3 is 0 Å². The van der Waals surface area contributed by atoms with Crippen LogP contribution < -0.4 is 19.5 Å². The molecule has 1 N–H and O–H groups in total. The van der Waals surface area contributed by atoms with Crippen LogP contribution in [0.1, 0.15) is 15.9 Å². The molecular formula is C25H23N3O4. The van der Waals surface area contributed by atoms with E-state index in [4.69, 9.17) is 19.2 Å². The lowest BCUT2D eigenvalue weighted by atomic mass is 10.1. The number of imidazole rings is 1. The molecule has 0 aliphatic carbocycles. The molecule has 4 aromatic rings. The number of benzene rings is 3. The van der Waals surface area contributed by atoms with Gasteiger partial charge in [-0.05, 0) is 23.8 Å². The molecule has 0 radical (unpaired) electrons. The maximum absolute atomic E-state index is 12.5. The third kappa shape index (κ3) is 3.41. The van der Waals surface area contributed by atoms with Crippen LogP contribution in [0.15, 0.2) is 60.7 Å². The minimum atomic E-state index is -0.0892. The Morgan fingerprint density at radius 1 is 0.938 bits per heavy atom. The molecule has 0 spiro atoms. The number of nitrogens with one attached hydrogen (secondary N) is 1. The van der Waals surface area contributed by atoms with Crippen LogP contribution in [0.5, 0.6) is 17.2 Å². The second-order valence-corrected chi connectivity index (χ2v) is 7.49. The number of hydrogen-bond acceptors (Lipinski definition) is 5. The molecule has 162 valence electrons. The predicted molar refractivity (Wildman–Crippen MR) is 121 cm³/mol. The van der Waals surface area contributed by atoms with E-state index < -0.39 is 0 Å². The molecule has 0 fully saturated rings. The smallest absolute Gasteiger partial charge is 0.253 e. The van der Waals surface area contributed by atoms with Gasteiger partial charge in [0.05, 0.1) is 36.4 Å². The highest BCUT2D eigenvalue weighted by atomic mass is 16.5. The second kappa shape index (κ2) is 8.26. The van der Waals surface area contributed by atoms with Crippen molar-refractivity contribution in [3.63, 3.8) is 0 Å². The highest BCUT2D eigenvalue weighted by Gasteiger charge is 2.24. The lowest BCUT2D eigenvalue weighted by molar-refractivity contribution is 0.0956. The summed E-state index contributed by atoms with van der Waals surface area (Å²) in [5.41, 5.74) is 4.03. The van der Waals surface area contributed by atoms with Crippen molar-refractivity contribution in [2.24, 2.45) is 0 Å². The zero-order chi connectivity index (χ0) is 22.1. The van der Waals surface area contributed by atoms with E-state index in [0.29, 0.717) is 48.3 Å². The van der Waals surface area contributed by atoms with Crippen LogP contribution in [0, 0.1) is 0 Å². The maximum atomic E-state index is 12.5. The van der Waals surface area contributed by atoms with Crippen LogP contribution in [-0.4, -0.2) is 36.2 Å². The summed E-state index contributed by atoms with van der Waals surface area (Å²) in [4.78, 5) is 17.4. The van der Waals surface area contributed by atoms with E-state index in [1.165, 1.54) is 0 Å². The SMILES string of the molecule is COc1cc(OCc2ccccc2)c(-c2nc3cccc4c3n2CCNC4=O)cc1OC. The van der Waals surface area contributed by atoms with Crippen molar-refractivity contribution in [1.29, 1.82) is 0 Å². The third-order valence-corrected chi connectivity index (χ3v) is 5.60. The van der Waals surface area contributed by atoms with Gasteiger partial charge in [-0.25, -0.2) is 4.98 Å². The molecule has 1 aromatic heterocycles. The average Bonchev–Trinajstić information content (AvgIpc) is 3.11. The van der Waals surface area contributed by atoms with Crippen molar-refractivity contribution in [1.82, 2.24) is 14.9 Å². The summed E-state index contributed by atoms with van der Waals surface area (Å²) in [7, 11) is 3.20. The number of carbonyl (C=O) groups excluding carboxylic acids is 1. The number of hydrogen-bond donors (Lipinski definition) is 1. The number of para-hydroxylation sites is 1. The van der Waals surface area contributed by atoms with E-state index in [9.17, 15) is 4.79 Å². The first-order valence-electron chi connectivity index (χ1n) is 10.4. The zero-order valence-corrected chi connectivity index (χ0v) is 17.9. The van der Waals surface area contributed by atoms with Gasteiger partial charge in [-0.15, -0.1) is 0 Å². The minimum absolute atomic E-state index is 0.0892. The van der Waals surface area contributed by atoms with Crippen LogP contribution >= 0.6 is 0 Å². The molecule has 0 saturated heterocycles. The van der Waals surface area contributed by atoms with Crippen molar-refractivity contribution < 1.29 is 19.0 Å². The lowest BCUT2D eigenvalue weighted by Gasteiger charge is -2.16. The van der Waals surface area contributed by atoms with Gasteiger partial charge in [0.1, 0.15) is 18.2 Å². The Labute approximate surface area is 185 Å². The molecule has 2 heterocycles. The van der Waals surface area contributed by atoms with Gasteiger partial charge < -0.3 is 24.1 Å². The van der Waals surface area contributed by atoms with Crippen molar-refractivity contribution in [3.8, 4) is 28.6 Å². The summed E-state index contributed by atoms with van der Waals surface area (Å²) >= 11 is 0. The maximum Gasteiger partial charge on any atom is 0.253 e. The molecule has 0 saturated carbocycles. The number of nitrogens with zero attached hydrogens (tertiary/aromatic N) is 2. The van der Waals surface area contributed by atoms with Gasteiger partial charge in [-0.2, -0.15) is 0 Å². The molecule has 1 aliphatic rings. The Morgan fingerprint density at radius 3 is 2.50 bits per heavy atom. The van der Waals surface area contributed by atoms with Crippen molar-refractivity contribution in [2.45, 2.75) is 13.2 Å². The van der Waals surface area contributed by atoms with E-state index in [1.807, 2.05) is 60.7 Å². The van der Waals surface area contributed by atoms with Gasteiger partial charge in [0.25, 0.3) is 5.91 Å². The molecule has 5 rings (SSSR count). The first-order valence-corrected chi connectivity index (χ1v) is 10.4. The van der Waals surface area contributed by atoms with Crippen LogP contribution in [-0.2, 0) is 13.2 Å². The van der Waals surface area contributed by atoms with Gasteiger partial charge in [-0.3, -0.25) is 4.79 Å². The Kier molecular flexibility index (Phi) is 5.15. The number of rotatable bonds is 6. The summed E-state index contributed by atoms with van der Waals surface area (Å²) in [5.74, 6) is 2.41. The molecule has 3 aromatic carbocycles. The van der Waals surface area contributed by atoms with Gasteiger partial charge in [0.2, 0.25) is 0 Å². The van der Waals surface area contributed by atoms with Crippen molar-refractivity contribution in [3.05, 3.63) is 71.8 Å². The first-order chi connectivity index (χ1) is 15.7. The quantitative estimate of drug-likeness (QED) is 0.501. The van der Waals surface area contributed by atoms with E-state index in [0.717, 1.165) is 22.2 Å². The third-order valence-electron chi connectivity index (χ3n) is 5.60. The zero-order valence-electron chi connectivity index (χ0n) is 17.9. The van der Waals surface area contributed by atoms with Crippen molar-refractivity contribution in [2.75, 3.05) is 20.8 Å². The predicted octanol–water partition coefficient (Wildman–Crippen LogP) is 4.04. The molecule has 1 aliphatic heterocycles. The molecule has 0 unspecified atom stereocenters. The highest BCUT2D eigenvalue weighted by Crippen LogP contribution is 2.41. The topological polar surface area (TPSA) is 74.6 Å². The Hall–Kier alpha value is -4.00. The number of amides is 1. The van der Waals surface area contributed by atoms with Crippen LogP contribution in [0.25, 0.3) is 22.4 Å². The normalized spacial score (nSPS) is 12.9. The largest absolute Gasteiger partial charge is 0.493 e. The Balaban J connectivity index is 1.68. The van der Waals surface area contributed by atoms with Crippen LogP contribution in [0.3, 0.4) is 0 Å². The number of ether oxygens (including phenoxy) is 3. The van der Waals surface area contributed by atoms with Crippen LogP contribution in [0.4, 0.5) is 0 Å². The highest BCUT2D eigenvalue weighted by molar-refractivity contribution is 6.06. The Bertz CT molecular complexity index is 1300. The molecular weight excluding hydrogens is 406 g/mol. The molecule has 0 atom stereocenters. The number of methoxy groups -OCH3 is 2. The standard InChI is InChI=1S/C25H23N3O4/c1-30-21-13-18(20(14-22(21)31-2)32-15-16-7-4-3-5-8-16)24-27-19-10-6-9-17-23(19)28(24)12-11-26-25(17)29/h3-10,13-14H,11-12,15H2,1-2H3,(H,26,29). The summed E-state index contributed by atoms with van der Waals surface area (Å²) in [6.45, 7) is 1.51. The van der Waals surface area contributed by atoms with Crippen LogP contribution in [0.2, 0.25) is 0 Å². The van der Waals surface area contributed by atoms with E-state index >= 15 is 0 Å². The summed E-state index contributed by atoms with van der Waals surface area (Å²) < 4.78 is 19.4. The second-order valence-electron chi connectivity index (χ2n) is 7.49. The summed E-state index contributed by atoms with van der Waals surface area (Å²) in [6.07, 6.45) is 0. The fourth-order valence-corrected chi connectivity index (χ4v) is 4.06. The molecule has 7 heteroatoms. The first kappa shape index (κ1) is 19.9. The van der Waals surface area contributed by atoms with E-state index in [-0.39, 0.29) is 5.91 Å². The number of aromatic nitrogens is 2. The average molecular weight is 429 g/mol. The molecule has 0 bridgehead atoms.